The van der Waals surface area contributed by atoms with Crippen LogP contribution in [0.15, 0.2) is 72.8 Å². The number of halogens is 5. The van der Waals surface area contributed by atoms with E-state index in [4.69, 9.17) is 11.6 Å². The molecule has 0 aliphatic carbocycles. The van der Waals surface area contributed by atoms with E-state index in [-0.39, 0.29) is 29.5 Å². The third kappa shape index (κ3) is 9.42. The van der Waals surface area contributed by atoms with Gasteiger partial charge in [0.15, 0.2) is 0 Å². The molecule has 0 aliphatic rings. The summed E-state index contributed by atoms with van der Waals surface area (Å²) in [7, 11) is -4.38. The van der Waals surface area contributed by atoms with E-state index in [0.29, 0.717) is 22.0 Å². The van der Waals surface area contributed by atoms with Gasteiger partial charge in [-0.1, -0.05) is 74.0 Å². The molecule has 232 valence electrons. The van der Waals surface area contributed by atoms with Gasteiger partial charge >= 0.3 is 6.18 Å². The quantitative estimate of drug-likeness (QED) is 0.258. The summed E-state index contributed by atoms with van der Waals surface area (Å²) in [5.74, 6) is -2.13. The molecule has 0 heterocycles. The average Bonchev–Trinajstić information content (AvgIpc) is 2.93. The molecule has 1 N–H and O–H groups in total. The van der Waals surface area contributed by atoms with E-state index in [1.807, 2.05) is 13.8 Å². The summed E-state index contributed by atoms with van der Waals surface area (Å²) < 4.78 is 81.5. The maximum atomic E-state index is 14.8. The van der Waals surface area contributed by atoms with Crippen LogP contribution in [0.5, 0.6) is 0 Å². The summed E-state index contributed by atoms with van der Waals surface area (Å²) in [4.78, 5) is 28.6. The van der Waals surface area contributed by atoms with Crippen LogP contribution in [0.1, 0.15) is 30.5 Å². The monoisotopic (exact) mass is 641 g/mol. The van der Waals surface area contributed by atoms with Gasteiger partial charge in [0, 0.05) is 25.1 Å². The highest BCUT2D eigenvalue weighted by molar-refractivity contribution is 7.92. The van der Waals surface area contributed by atoms with Crippen LogP contribution in [-0.2, 0) is 38.8 Å². The number of amides is 2. The molecule has 1 atom stereocenters. The summed E-state index contributed by atoms with van der Waals surface area (Å²) >= 11 is 6.14. The molecule has 3 rings (SSSR count). The maximum Gasteiger partial charge on any atom is 0.416 e. The lowest BCUT2D eigenvalue weighted by Gasteiger charge is -2.34. The predicted molar refractivity (Wildman–Crippen MR) is 157 cm³/mol. The summed E-state index contributed by atoms with van der Waals surface area (Å²) in [6, 6.07) is 15.2. The van der Waals surface area contributed by atoms with Crippen molar-refractivity contribution in [1.82, 2.24) is 10.2 Å². The van der Waals surface area contributed by atoms with E-state index in [2.05, 4.69) is 5.32 Å². The lowest BCUT2D eigenvalue weighted by molar-refractivity contribution is -0.140. The summed E-state index contributed by atoms with van der Waals surface area (Å²) in [5.41, 5.74) is -1.03. The van der Waals surface area contributed by atoms with Crippen LogP contribution in [0, 0.1) is 11.7 Å². The highest BCUT2D eigenvalue weighted by Crippen LogP contribution is 2.36. The van der Waals surface area contributed by atoms with Crippen LogP contribution in [0.25, 0.3) is 0 Å². The van der Waals surface area contributed by atoms with Crippen LogP contribution in [0.3, 0.4) is 0 Å². The van der Waals surface area contributed by atoms with Crippen molar-refractivity contribution in [2.45, 2.75) is 39.0 Å². The smallest absolute Gasteiger partial charge is 0.354 e. The molecule has 3 aromatic carbocycles. The van der Waals surface area contributed by atoms with E-state index in [1.54, 1.807) is 30.3 Å². The van der Waals surface area contributed by atoms with Gasteiger partial charge in [-0.2, -0.15) is 13.2 Å². The number of carbonyl (C=O) groups is 2. The van der Waals surface area contributed by atoms with Crippen molar-refractivity contribution < 1.29 is 35.6 Å². The second-order valence-corrected chi connectivity index (χ2v) is 12.7. The van der Waals surface area contributed by atoms with E-state index in [1.165, 1.54) is 24.3 Å². The SMILES string of the molecule is CC(C)CNC(=O)[C@@H](Cc1ccccc1)N(Cc1ccccc1F)C(=O)CN(c1cc(C(F)(F)F)ccc1Cl)S(C)(=O)=O. The topological polar surface area (TPSA) is 86.8 Å². The molecule has 0 unspecified atom stereocenters. The lowest BCUT2D eigenvalue weighted by Crippen LogP contribution is -2.53. The van der Waals surface area contributed by atoms with Gasteiger partial charge in [0.05, 0.1) is 22.5 Å². The van der Waals surface area contributed by atoms with Crippen molar-refractivity contribution in [1.29, 1.82) is 0 Å². The van der Waals surface area contributed by atoms with Crippen molar-refractivity contribution in [2.24, 2.45) is 5.92 Å². The summed E-state index contributed by atoms with van der Waals surface area (Å²) in [6.07, 6.45) is -4.11. The van der Waals surface area contributed by atoms with Crippen molar-refractivity contribution in [3.05, 3.63) is 100 Å². The Morgan fingerprint density at radius 3 is 2.19 bits per heavy atom. The number of hydrogen-bond donors (Lipinski definition) is 1. The van der Waals surface area contributed by atoms with Gasteiger partial charge in [-0.05, 0) is 35.7 Å². The Balaban J connectivity index is 2.12. The molecule has 43 heavy (non-hydrogen) atoms. The van der Waals surface area contributed by atoms with Gasteiger partial charge in [0.2, 0.25) is 21.8 Å². The number of alkyl halides is 3. The minimum atomic E-state index is -4.82. The lowest BCUT2D eigenvalue weighted by atomic mass is 10.0. The number of nitrogens with one attached hydrogen (secondary N) is 1. The first-order valence-electron chi connectivity index (χ1n) is 13.3. The molecular formula is C30H32ClF4N3O4S. The van der Waals surface area contributed by atoms with Crippen molar-refractivity contribution in [3.8, 4) is 0 Å². The minimum absolute atomic E-state index is 0.00580. The Bertz CT molecular complexity index is 1540. The van der Waals surface area contributed by atoms with E-state index >= 15 is 0 Å². The van der Waals surface area contributed by atoms with Crippen molar-refractivity contribution in [2.75, 3.05) is 23.7 Å². The second-order valence-electron chi connectivity index (χ2n) is 10.4. The predicted octanol–water partition coefficient (Wildman–Crippen LogP) is 5.68. The van der Waals surface area contributed by atoms with Crippen LogP contribution in [-0.4, -0.2) is 50.5 Å². The van der Waals surface area contributed by atoms with E-state index < -0.39 is 64.2 Å². The fourth-order valence-electron chi connectivity index (χ4n) is 4.26. The Hall–Kier alpha value is -3.64. The molecular weight excluding hydrogens is 610 g/mol. The first-order valence-corrected chi connectivity index (χ1v) is 15.5. The molecule has 0 radical (unpaired) electrons. The average molecular weight is 642 g/mol. The van der Waals surface area contributed by atoms with Gasteiger partial charge in [-0.25, -0.2) is 12.8 Å². The molecule has 0 aliphatic heterocycles. The number of hydrogen-bond acceptors (Lipinski definition) is 4. The zero-order valence-electron chi connectivity index (χ0n) is 23.7. The normalized spacial score (nSPS) is 12.6. The molecule has 0 saturated heterocycles. The van der Waals surface area contributed by atoms with Crippen molar-refractivity contribution in [3.63, 3.8) is 0 Å². The van der Waals surface area contributed by atoms with Crippen molar-refractivity contribution >= 4 is 39.1 Å². The molecule has 13 heteroatoms. The zero-order valence-corrected chi connectivity index (χ0v) is 25.3. The second kappa shape index (κ2) is 14.2. The van der Waals surface area contributed by atoms with Gasteiger partial charge < -0.3 is 10.2 Å². The first-order chi connectivity index (χ1) is 20.1. The Morgan fingerprint density at radius 1 is 0.977 bits per heavy atom. The highest BCUT2D eigenvalue weighted by atomic mass is 35.5. The number of rotatable bonds is 12. The highest BCUT2D eigenvalue weighted by Gasteiger charge is 2.36. The van der Waals surface area contributed by atoms with Crippen LogP contribution < -0.4 is 9.62 Å². The van der Waals surface area contributed by atoms with Gasteiger partial charge in [-0.15, -0.1) is 0 Å². The molecule has 2 amide bonds. The fraction of sp³-hybridized carbons (Fsp3) is 0.333. The van der Waals surface area contributed by atoms with Crippen LogP contribution in [0.4, 0.5) is 23.2 Å². The Morgan fingerprint density at radius 2 is 1.60 bits per heavy atom. The summed E-state index contributed by atoms with van der Waals surface area (Å²) in [5, 5.41) is 2.44. The third-order valence-electron chi connectivity index (χ3n) is 6.48. The number of anilines is 1. The molecule has 0 aromatic heterocycles. The Kier molecular flexibility index (Phi) is 11.2. The van der Waals surface area contributed by atoms with Crippen LogP contribution in [0.2, 0.25) is 5.02 Å². The molecule has 0 spiro atoms. The van der Waals surface area contributed by atoms with E-state index in [0.717, 1.165) is 17.2 Å². The number of sulfonamides is 1. The fourth-order valence-corrected chi connectivity index (χ4v) is 5.38. The first kappa shape index (κ1) is 33.9. The minimum Gasteiger partial charge on any atom is -0.354 e. The van der Waals surface area contributed by atoms with Gasteiger partial charge in [0.1, 0.15) is 18.4 Å². The third-order valence-corrected chi connectivity index (χ3v) is 7.92. The standard InChI is InChI=1S/C30H32ClF4N3O4S/c1-20(2)17-36-29(40)27(15-21-9-5-4-6-10-21)37(18-22-11-7-8-12-25(22)32)28(39)19-38(43(3,41)42)26-16-23(30(33,34)35)13-14-24(26)31/h4-14,16,20,27H,15,17-19H2,1-3H3,(H,36,40)/t27-/m1/s1. The number of carbonyl (C=O) groups excluding carboxylic acids is 2. The maximum absolute atomic E-state index is 14.8. The van der Waals surface area contributed by atoms with Crippen LogP contribution >= 0.6 is 11.6 Å². The van der Waals surface area contributed by atoms with E-state index in [9.17, 15) is 35.6 Å². The van der Waals surface area contributed by atoms with Gasteiger partial charge in [-0.3, -0.25) is 13.9 Å². The largest absolute Gasteiger partial charge is 0.416 e. The summed E-state index contributed by atoms with van der Waals surface area (Å²) in [6.45, 7) is 2.58. The molecule has 0 bridgehead atoms. The Labute approximate surface area is 253 Å². The molecule has 3 aromatic rings. The molecule has 7 nitrogen and oxygen atoms in total. The molecule has 0 fully saturated rings. The van der Waals surface area contributed by atoms with Gasteiger partial charge in [0.25, 0.3) is 0 Å². The molecule has 0 saturated carbocycles. The number of benzene rings is 3. The number of nitrogens with zero attached hydrogens (tertiary/aromatic N) is 2. The zero-order chi connectivity index (χ0) is 31.9.